The van der Waals surface area contributed by atoms with Crippen LogP contribution in [0.3, 0.4) is 0 Å². The summed E-state index contributed by atoms with van der Waals surface area (Å²) in [7, 11) is 0. The molecule has 76 valence electrons. The summed E-state index contributed by atoms with van der Waals surface area (Å²) in [6, 6.07) is 5.06. The van der Waals surface area contributed by atoms with E-state index in [0.29, 0.717) is 24.1 Å². The molecular weight excluding hydrogens is 181 g/mol. The topological polar surface area (TPSA) is 43.1 Å². The number of halogens is 1. The molecule has 3 heteroatoms. The van der Waals surface area contributed by atoms with Crippen molar-refractivity contribution in [3.63, 3.8) is 0 Å². The van der Waals surface area contributed by atoms with Crippen molar-refractivity contribution in [3.8, 4) is 0 Å². The van der Waals surface area contributed by atoms with E-state index in [1.54, 1.807) is 18.2 Å². The molecule has 0 atom stereocenters. The van der Waals surface area contributed by atoms with Gasteiger partial charge in [-0.25, -0.2) is 4.39 Å². The molecule has 0 spiro atoms. The molecule has 0 aliphatic carbocycles. The second-order valence-corrected chi connectivity index (χ2v) is 3.24. The maximum absolute atomic E-state index is 12.4. The Morgan fingerprint density at radius 3 is 2.79 bits per heavy atom. The largest absolute Gasteiger partial charge is 0.330 e. The third-order valence-corrected chi connectivity index (χ3v) is 2.13. The summed E-state index contributed by atoms with van der Waals surface area (Å²) in [6.45, 7) is 1.63. The van der Waals surface area contributed by atoms with Crippen LogP contribution in [0.4, 0.5) is 4.39 Å². The molecule has 1 aromatic carbocycles. The van der Waals surface area contributed by atoms with Crippen LogP contribution >= 0.6 is 0 Å². The highest BCUT2D eigenvalue weighted by molar-refractivity contribution is 5.97. The predicted molar refractivity (Wildman–Crippen MR) is 54.0 cm³/mol. The van der Waals surface area contributed by atoms with E-state index in [2.05, 4.69) is 0 Å². The zero-order valence-corrected chi connectivity index (χ0v) is 8.22. The third kappa shape index (κ3) is 2.39. The van der Waals surface area contributed by atoms with Gasteiger partial charge in [0.05, 0.1) is 0 Å². The van der Waals surface area contributed by atoms with Gasteiger partial charge in [0.2, 0.25) is 0 Å². The maximum atomic E-state index is 12.4. The number of hydrogen-bond donors (Lipinski definition) is 1. The Labute approximate surface area is 82.9 Å². The van der Waals surface area contributed by atoms with Crippen molar-refractivity contribution < 1.29 is 9.18 Å². The van der Waals surface area contributed by atoms with Gasteiger partial charge in [-0.3, -0.25) is 4.79 Å². The first-order valence-electron chi connectivity index (χ1n) is 4.57. The summed E-state index contributed by atoms with van der Waals surface area (Å²) >= 11 is 0. The van der Waals surface area contributed by atoms with Gasteiger partial charge in [-0.15, -0.1) is 0 Å². The van der Waals surface area contributed by atoms with Crippen LogP contribution in [0.2, 0.25) is 0 Å². The molecule has 2 N–H and O–H groups in total. The standard InChI is InChI=1S/C11H14FNO/c1-8-2-3-9(7-12)6-10(8)11(14)4-5-13/h2-3,6H,4-5,7,13H2,1H3. The third-order valence-electron chi connectivity index (χ3n) is 2.13. The molecule has 0 fully saturated rings. The molecule has 0 amide bonds. The van der Waals surface area contributed by atoms with Crippen LogP contribution in [0.5, 0.6) is 0 Å². The van der Waals surface area contributed by atoms with E-state index < -0.39 is 6.67 Å². The molecule has 0 unspecified atom stereocenters. The number of carbonyl (C=O) groups excluding carboxylic acids is 1. The highest BCUT2D eigenvalue weighted by Crippen LogP contribution is 2.13. The number of carbonyl (C=O) groups is 1. The average molecular weight is 195 g/mol. The maximum Gasteiger partial charge on any atom is 0.164 e. The summed E-state index contributed by atoms with van der Waals surface area (Å²) < 4.78 is 12.4. The van der Waals surface area contributed by atoms with E-state index in [0.717, 1.165) is 5.56 Å². The van der Waals surface area contributed by atoms with Crippen molar-refractivity contribution >= 4 is 5.78 Å². The van der Waals surface area contributed by atoms with Gasteiger partial charge in [-0.05, 0) is 30.7 Å². The highest BCUT2D eigenvalue weighted by Gasteiger charge is 2.08. The molecule has 14 heavy (non-hydrogen) atoms. The first kappa shape index (κ1) is 10.9. The second-order valence-electron chi connectivity index (χ2n) is 3.24. The smallest absolute Gasteiger partial charge is 0.164 e. The fourth-order valence-corrected chi connectivity index (χ4v) is 1.32. The quantitative estimate of drug-likeness (QED) is 0.747. The van der Waals surface area contributed by atoms with E-state index in [4.69, 9.17) is 5.73 Å². The fourth-order valence-electron chi connectivity index (χ4n) is 1.32. The van der Waals surface area contributed by atoms with E-state index >= 15 is 0 Å². The van der Waals surface area contributed by atoms with Gasteiger partial charge < -0.3 is 5.73 Å². The monoisotopic (exact) mass is 195 g/mol. The molecule has 1 rings (SSSR count). The Balaban J connectivity index is 2.99. The first-order valence-corrected chi connectivity index (χ1v) is 4.57. The van der Waals surface area contributed by atoms with Crippen LogP contribution in [0.1, 0.15) is 27.9 Å². The molecule has 0 aliphatic rings. The van der Waals surface area contributed by atoms with Crippen molar-refractivity contribution in [1.82, 2.24) is 0 Å². The van der Waals surface area contributed by atoms with Gasteiger partial charge in [0.25, 0.3) is 0 Å². The Morgan fingerprint density at radius 1 is 1.50 bits per heavy atom. The minimum absolute atomic E-state index is 0.0136. The molecule has 0 aliphatic heterocycles. The molecule has 0 radical (unpaired) electrons. The summed E-state index contributed by atoms with van der Waals surface area (Å²) in [5.74, 6) is -0.0136. The lowest BCUT2D eigenvalue weighted by atomic mass is 10.0. The first-order chi connectivity index (χ1) is 6.69. The van der Waals surface area contributed by atoms with Crippen molar-refractivity contribution in [3.05, 3.63) is 34.9 Å². The van der Waals surface area contributed by atoms with E-state index in [1.165, 1.54) is 0 Å². The van der Waals surface area contributed by atoms with Crippen LogP contribution in [-0.4, -0.2) is 12.3 Å². The van der Waals surface area contributed by atoms with Crippen molar-refractivity contribution in [2.45, 2.75) is 20.0 Å². The highest BCUT2D eigenvalue weighted by atomic mass is 19.1. The van der Waals surface area contributed by atoms with E-state index in [9.17, 15) is 9.18 Å². The Bertz CT molecular complexity index is 336. The molecule has 0 bridgehead atoms. The summed E-state index contributed by atoms with van der Waals surface area (Å²) in [5, 5.41) is 0. The van der Waals surface area contributed by atoms with Crippen molar-refractivity contribution in [2.24, 2.45) is 5.73 Å². The normalized spacial score (nSPS) is 10.2. The molecule has 0 aromatic heterocycles. The number of ketones is 1. The lowest BCUT2D eigenvalue weighted by molar-refractivity contribution is 0.0985. The zero-order chi connectivity index (χ0) is 10.6. The number of rotatable bonds is 4. The van der Waals surface area contributed by atoms with E-state index in [-0.39, 0.29) is 5.78 Å². The molecule has 0 saturated heterocycles. The van der Waals surface area contributed by atoms with Gasteiger partial charge in [-0.1, -0.05) is 12.1 Å². The number of Topliss-reactive ketones (excluding diaryl/α,β-unsaturated/α-hetero) is 1. The number of alkyl halides is 1. The number of benzene rings is 1. The lowest BCUT2D eigenvalue weighted by Crippen LogP contribution is -2.09. The molecule has 1 aromatic rings. The summed E-state index contributed by atoms with van der Waals surface area (Å²) in [4.78, 5) is 11.5. The number of aryl methyl sites for hydroxylation is 1. The molecule has 0 saturated carbocycles. The lowest BCUT2D eigenvalue weighted by Gasteiger charge is -2.05. The SMILES string of the molecule is Cc1ccc(CF)cc1C(=O)CCN. The average Bonchev–Trinajstić information content (AvgIpc) is 2.19. The van der Waals surface area contributed by atoms with Gasteiger partial charge in [0.1, 0.15) is 6.67 Å². The van der Waals surface area contributed by atoms with Gasteiger partial charge >= 0.3 is 0 Å². The summed E-state index contributed by atoms with van der Waals surface area (Å²) in [6.07, 6.45) is 0.316. The van der Waals surface area contributed by atoms with Crippen molar-refractivity contribution in [1.29, 1.82) is 0 Å². The number of hydrogen-bond acceptors (Lipinski definition) is 2. The molecule has 2 nitrogen and oxygen atoms in total. The van der Waals surface area contributed by atoms with Gasteiger partial charge in [0, 0.05) is 12.0 Å². The Hall–Kier alpha value is -1.22. The van der Waals surface area contributed by atoms with Crippen LogP contribution in [0.25, 0.3) is 0 Å². The van der Waals surface area contributed by atoms with Crippen LogP contribution in [0, 0.1) is 6.92 Å². The number of nitrogens with two attached hydrogens (primary N) is 1. The van der Waals surface area contributed by atoms with E-state index in [1.807, 2.05) is 6.92 Å². The summed E-state index contributed by atoms with van der Waals surface area (Å²) in [5.41, 5.74) is 7.29. The van der Waals surface area contributed by atoms with Crippen molar-refractivity contribution in [2.75, 3.05) is 6.54 Å². The second kappa shape index (κ2) is 4.86. The van der Waals surface area contributed by atoms with Crippen LogP contribution < -0.4 is 5.73 Å². The predicted octanol–water partition coefficient (Wildman–Crippen LogP) is 2.00. The van der Waals surface area contributed by atoms with Crippen LogP contribution in [-0.2, 0) is 6.67 Å². The minimum Gasteiger partial charge on any atom is -0.330 e. The zero-order valence-electron chi connectivity index (χ0n) is 8.22. The van der Waals surface area contributed by atoms with Gasteiger partial charge in [0.15, 0.2) is 5.78 Å². The Kier molecular flexibility index (Phi) is 3.77. The molecule has 0 heterocycles. The molecular formula is C11H14FNO. The van der Waals surface area contributed by atoms with Crippen LogP contribution in [0.15, 0.2) is 18.2 Å². The Morgan fingerprint density at radius 2 is 2.21 bits per heavy atom. The fraction of sp³-hybridized carbons (Fsp3) is 0.364. The van der Waals surface area contributed by atoms with Gasteiger partial charge in [-0.2, -0.15) is 0 Å². The minimum atomic E-state index is -0.539.